The van der Waals surface area contributed by atoms with Gasteiger partial charge in [-0.05, 0) is 58.8 Å². The Labute approximate surface area is 139 Å². The third kappa shape index (κ3) is 3.69. The Morgan fingerprint density at radius 3 is 2.91 bits per heavy atom. The summed E-state index contributed by atoms with van der Waals surface area (Å²) in [4.78, 5) is 15.0. The van der Waals surface area contributed by atoms with Crippen LogP contribution in [0.25, 0.3) is 0 Å². The molecule has 1 fully saturated rings. The molecule has 0 spiro atoms. The van der Waals surface area contributed by atoms with Gasteiger partial charge in [0, 0.05) is 18.5 Å². The highest BCUT2D eigenvalue weighted by Gasteiger charge is 2.36. The van der Waals surface area contributed by atoms with Gasteiger partial charge >= 0.3 is 0 Å². The number of amides is 1. The average Bonchev–Trinajstić information content (AvgIpc) is 2.45. The molecule has 0 aromatic heterocycles. The molecule has 2 heterocycles. The molecule has 4 nitrogen and oxygen atoms in total. The fraction of sp³-hybridized carbons (Fsp3) is 0.632. The lowest BCUT2D eigenvalue weighted by molar-refractivity contribution is -0.127. The molecule has 2 aliphatic heterocycles. The maximum atomic E-state index is 12.7. The van der Waals surface area contributed by atoms with Crippen LogP contribution in [0.5, 0.6) is 5.75 Å². The zero-order valence-corrected chi connectivity index (χ0v) is 14.7. The van der Waals surface area contributed by atoms with Crippen LogP contribution in [0, 0.1) is 12.8 Å². The maximum absolute atomic E-state index is 12.7. The summed E-state index contributed by atoms with van der Waals surface area (Å²) >= 11 is 0. The van der Waals surface area contributed by atoms with E-state index < -0.39 is 0 Å². The summed E-state index contributed by atoms with van der Waals surface area (Å²) in [5.74, 6) is 1.20. The summed E-state index contributed by atoms with van der Waals surface area (Å²) in [7, 11) is 2.09. The van der Waals surface area contributed by atoms with Gasteiger partial charge in [-0.25, -0.2) is 0 Å². The van der Waals surface area contributed by atoms with E-state index >= 15 is 0 Å². The lowest BCUT2D eigenvalue weighted by Gasteiger charge is -2.39. The lowest BCUT2D eigenvalue weighted by Crippen LogP contribution is -2.46. The summed E-state index contributed by atoms with van der Waals surface area (Å²) in [6, 6.07) is 6.30. The first kappa shape index (κ1) is 16.3. The fourth-order valence-electron chi connectivity index (χ4n) is 3.76. The van der Waals surface area contributed by atoms with E-state index in [-0.39, 0.29) is 23.5 Å². The highest BCUT2D eigenvalue weighted by Crippen LogP contribution is 2.40. The summed E-state index contributed by atoms with van der Waals surface area (Å²) in [6.07, 6.45) is 2.89. The maximum Gasteiger partial charge on any atom is 0.224 e. The van der Waals surface area contributed by atoms with Gasteiger partial charge in [-0.1, -0.05) is 12.1 Å². The van der Waals surface area contributed by atoms with E-state index in [1.165, 1.54) is 5.56 Å². The molecule has 23 heavy (non-hydrogen) atoms. The summed E-state index contributed by atoms with van der Waals surface area (Å²) < 4.78 is 6.11. The Bertz CT molecular complexity index is 597. The number of aryl methyl sites for hydroxylation is 1. The van der Waals surface area contributed by atoms with Crippen LogP contribution in [0.4, 0.5) is 0 Å². The molecule has 126 valence electrons. The second-order valence-corrected chi connectivity index (χ2v) is 7.77. The van der Waals surface area contributed by atoms with Crippen molar-refractivity contribution in [2.24, 2.45) is 5.92 Å². The summed E-state index contributed by atoms with van der Waals surface area (Å²) in [5.41, 5.74) is 2.02. The van der Waals surface area contributed by atoms with Crippen molar-refractivity contribution in [3.05, 3.63) is 29.3 Å². The van der Waals surface area contributed by atoms with Gasteiger partial charge in [0.1, 0.15) is 11.4 Å². The van der Waals surface area contributed by atoms with Gasteiger partial charge in [-0.3, -0.25) is 4.79 Å². The smallest absolute Gasteiger partial charge is 0.224 e. The summed E-state index contributed by atoms with van der Waals surface area (Å²) in [5, 5.41) is 3.29. The van der Waals surface area contributed by atoms with Crippen LogP contribution < -0.4 is 10.1 Å². The largest absolute Gasteiger partial charge is 0.487 e. The monoisotopic (exact) mass is 316 g/mol. The van der Waals surface area contributed by atoms with Gasteiger partial charge in [-0.15, -0.1) is 0 Å². The number of likely N-dealkylation sites (tertiary alicyclic amines) is 1. The fourth-order valence-corrected chi connectivity index (χ4v) is 3.76. The Hall–Kier alpha value is -1.55. The van der Waals surface area contributed by atoms with E-state index in [1.807, 2.05) is 0 Å². The van der Waals surface area contributed by atoms with Gasteiger partial charge in [0.25, 0.3) is 0 Å². The number of nitrogens with zero attached hydrogens (tertiary/aromatic N) is 1. The van der Waals surface area contributed by atoms with Crippen LogP contribution in [0.1, 0.15) is 50.3 Å². The first-order valence-electron chi connectivity index (χ1n) is 8.62. The van der Waals surface area contributed by atoms with Gasteiger partial charge in [0.05, 0.1) is 12.0 Å². The van der Waals surface area contributed by atoms with Crippen molar-refractivity contribution in [2.75, 3.05) is 20.1 Å². The van der Waals surface area contributed by atoms with E-state index in [2.05, 4.69) is 56.2 Å². The van der Waals surface area contributed by atoms with Crippen LogP contribution in [0.2, 0.25) is 0 Å². The van der Waals surface area contributed by atoms with Crippen molar-refractivity contribution >= 4 is 5.91 Å². The van der Waals surface area contributed by atoms with Gasteiger partial charge in [0.15, 0.2) is 0 Å². The molecule has 1 N–H and O–H groups in total. The van der Waals surface area contributed by atoms with Crippen LogP contribution in [-0.4, -0.2) is 36.5 Å². The molecule has 2 aliphatic rings. The van der Waals surface area contributed by atoms with Crippen molar-refractivity contribution in [3.63, 3.8) is 0 Å². The molecule has 1 amide bonds. The van der Waals surface area contributed by atoms with Gasteiger partial charge < -0.3 is 15.0 Å². The standard InChI is InChI=1S/C19H28N2O2/c1-13-7-8-15-16(11-19(2,3)23-17(15)10-13)20-18(22)14-6-5-9-21(4)12-14/h7-8,10,14,16H,5-6,9,11-12H2,1-4H3,(H,20,22)/t14-,16+/m1/s1. The second-order valence-electron chi connectivity index (χ2n) is 7.77. The van der Waals surface area contributed by atoms with Crippen molar-refractivity contribution in [1.29, 1.82) is 0 Å². The Kier molecular flexibility index (Phi) is 4.37. The molecule has 1 aromatic carbocycles. The van der Waals surface area contributed by atoms with Crippen LogP contribution in [0.3, 0.4) is 0 Å². The normalized spacial score (nSPS) is 27.0. The first-order chi connectivity index (χ1) is 10.8. The third-order valence-electron chi connectivity index (χ3n) is 4.94. The number of piperidine rings is 1. The SMILES string of the molecule is Cc1ccc2c(c1)OC(C)(C)C[C@@H]2NC(=O)[C@@H]1CCCN(C)C1. The number of hydrogen-bond donors (Lipinski definition) is 1. The number of carbonyl (C=O) groups is 1. The topological polar surface area (TPSA) is 41.6 Å². The van der Waals surface area contributed by atoms with E-state index in [0.29, 0.717) is 0 Å². The number of hydrogen-bond acceptors (Lipinski definition) is 3. The highest BCUT2D eigenvalue weighted by molar-refractivity contribution is 5.79. The van der Waals surface area contributed by atoms with Crippen LogP contribution in [0.15, 0.2) is 18.2 Å². The minimum atomic E-state index is -0.262. The zero-order chi connectivity index (χ0) is 16.6. The van der Waals surface area contributed by atoms with Crippen molar-refractivity contribution in [1.82, 2.24) is 10.2 Å². The number of fused-ring (bicyclic) bond motifs is 1. The average molecular weight is 316 g/mol. The van der Waals surface area contributed by atoms with E-state index in [1.54, 1.807) is 0 Å². The predicted molar refractivity (Wildman–Crippen MR) is 91.6 cm³/mol. The molecule has 0 saturated carbocycles. The first-order valence-corrected chi connectivity index (χ1v) is 8.62. The van der Waals surface area contributed by atoms with Gasteiger partial charge in [0.2, 0.25) is 5.91 Å². The number of rotatable bonds is 2. The minimum absolute atomic E-state index is 0.0362. The van der Waals surface area contributed by atoms with E-state index in [4.69, 9.17) is 4.74 Å². The Morgan fingerprint density at radius 2 is 2.17 bits per heavy atom. The number of nitrogens with one attached hydrogen (secondary N) is 1. The Balaban J connectivity index is 1.78. The second kappa shape index (κ2) is 6.16. The number of ether oxygens (including phenoxy) is 1. The molecule has 0 bridgehead atoms. The van der Waals surface area contributed by atoms with Crippen molar-refractivity contribution < 1.29 is 9.53 Å². The summed E-state index contributed by atoms with van der Waals surface area (Å²) in [6.45, 7) is 8.20. The molecular formula is C19H28N2O2. The Morgan fingerprint density at radius 1 is 1.39 bits per heavy atom. The quantitative estimate of drug-likeness (QED) is 0.912. The number of carbonyl (C=O) groups excluding carboxylic acids is 1. The van der Waals surface area contributed by atoms with Gasteiger partial charge in [-0.2, -0.15) is 0 Å². The lowest BCUT2D eigenvalue weighted by atomic mass is 9.88. The zero-order valence-electron chi connectivity index (χ0n) is 14.7. The van der Waals surface area contributed by atoms with E-state index in [9.17, 15) is 4.79 Å². The van der Waals surface area contributed by atoms with Crippen molar-refractivity contribution in [2.45, 2.75) is 51.7 Å². The molecule has 1 aromatic rings. The van der Waals surface area contributed by atoms with Crippen molar-refractivity contribution in [3.8, 4) is 5.75 Å². The van der Waals surface area contributed by atoms with Crippen LogP contribution in [-0.2, 0) is 4.79 Å². The third-order valence-corrected chi connectivity index (χ3v) is 4.94. The molecule has 0 unspecified atom stereocenters. The molecule has 1 saturated heterocycles. The molecule has 3 rings (SSSR count). The number of benzene rings is 1. The minimum Gasteiger partial charge on any atom is -0.487 e. The highest BCUT2D eigenvalue weighted by atomic mass is 16.5. The molecule has 0 aliphatic carbocycles. The molecule has 4 heteroatoms. The molecule has 2 atom stereocenters. The molecule has 0 radical (unpaired) electrons. The molecular weight excluding hydrogens is 288 g/mol. The van der Waals surface area contributed by atoms with Crippen LogP contribution >= 0.6 is 0 Å². The predicted octanol–water partition coefficient (Wildman–Crippen LogP) is 3.06. The van der Waals surface area contributed by atoms with E-state index in [0.717, 1.165) is 43.7 Å².